The van der Waals surface area contributed by atoms with Crippen molar-refractivity contribution >= 4 is 46.2 Å². The van der Waals surface area contributed by atoms with Crippen LogP contribution in [0.25, 0.3) is 0 Å². The topological polar surface area (TPSA) is 103 Å². The normalized spacial score (nSPS) is 20.0. The molecule has 0 radical (unpaired) electrons. The van der Waals surface area contributed by atoms with Crippen LogP contribution in [0.4, 0.5) is 5.69 Å². The zero-order valence-electron chi connectivity index (χ0n) is 19.0. The highest BCUT2D eigenvalue weighted by atomic mass is 32.2. The van der Waals surface area contributed by atoms with Gasteiger partial charge in [-0.15, -0.1) is 0 Å². The molecular weight excluding hydrogens is 438 g/mol. The Bertz CT molecular complexity index is 971. The monoisotopic (exact) mass is 469 g/mol. The minimum absolute atomic E-state index is 0.00479. The maximum absolute atomic E-state index is 13.2. The van der Waals surface area contributed by atoms with Crippen molar-refractivity contribution in [2.45, 2.75) is 70.4 Å². The Labute approximate surface area is 198 Å². The molecule has 2 N–H and O–H groups in total. The Morgan fingerprint density at radius 3 is 2.73 bits per heavy atom. The number of amidine groups is 2. The van der Waals surface area contributed by atoms with Gasteiger partial charge in [0.25, 0.3) is 5.91 Å². The molecule has 3 aliphatic rings. The van der Waals surface area contributed by atoms with Gasteiger partial charge in [-0.1, -0.05) is 56.5 Å². The lowest BCUT2D eigenvalue weighted by Gasteiger charge is -2.26. The van der Waals surface area contributed by atoms with Crippen molar-refractivity contribution in [3.8, 4) is 0 Å². The number of nitrogens with zero attached hydrogens (tertiary/aromatic N) is 3. The lowest BCUT2D eigenvalue weighted by atomic mass is 9.95. The number of fused-ring (bicyclic) bond motifs is 3. The number of hydrogen-bond donors (Lipinski definition) is 2. The first-order valence-corrected chi connectivity index (χ1v) is 12.8. The molecule has 1 fully saturated rings. The van der Waals surface area contributed by atoms with Gasteiger partial charge < -0.3 is 10.6 Å². The molecule has 1 aliphatic carbocycles. The Morgan fingerprint density at radius 1 is 1.15 bits per heavy atom. The Hall–Kier alpha value is -2.68. The van der Waals surface area contributed by atoms with Gasteiger partial charge in [0.05, 0.1) is 17.9 Å². The van der Waals surface area contributed by atoms with Gasteiger partial charge in [0.1, 0.15) is 11.9 Å². The number of hydrogen-bond acceptors (Lipinski definition) is 6. The summed E-state index contributed by atoms with van der Waals surface area (Å²) in [6, 6.07) is 6.95. The van der Waals surface area contributed by atoms with Gasteiger partial charge in [-0.05, 0) is 31.4 Å². The number of nitrogens with one attached hydrogen (secondary N) is 2. The van der Waals surface area contributed by atoms with Crippen LogP contribution in [0.2, 0.25) is 0 Å². The highest BCUT2D eigenvalue weighted by molar-refractivity contribution is 8.14. The SMILES string of the molecule is CCCCNC(=O)CC1N=C2c3ccccc3N=C(SCC(=O)NC3CCCCC3)N2C1=O. The van der Waals surface area contributed by atoms with Crippen molar-refractivity contribution in [3.63, 3.8) is 0 Å². The number of benzene rings is 1. The molecule has 1 aromatic carbocycles. The van der Waals surface area contributed by atoms with Crippen LogP contribution in [0.15, 0.2) is 34.3 Å². The molecular formula is C24H31N5O3S. The number of unbranched alkanes of at least 4 members (excludes halogenated alkanes) is 1. The third-order valence-corrected chi connectivity index (χ3v) is 7.02. The number of carbonyl (C=O) groups excluding carboxylic acids is 3. The number of aliphatic imine (C=N–C) groups is 2. The quantitative estimate of drug-likeness (QED) is 0.571. The van der Waals surface area contributed by atoms with E-state index < -0.39 is 6.04 Å². The van der Waals surface area contributed by atoms with Crippen LogP contribution in [0.3, 0.4) is 0 Å². The smallest absolute Gasteiger partial charge is 0.259 e. The standard InChI is InChI=1S/C24H31N5O3S/c1-2-3-13-25-20(30)14-19-23(32)29-22(27-19)17-11-7-8-12-18(17)28-24(29)33-15-21(31)26-16-9-5-4-6-10-16/h7-8,11-12,16,19H,2-6,9-10,13-15H2,1H3,(H,25,30)(H,26,31). The molecule has 0 bridgehead atoms. The molecule has 0 saturated heterocycles. The van der Waals surface area contributed by atoms with E-state index in [4.69, 9.17) is 0 Å². The summed E-state index contributed by atoms with van der Waals surface area (Å²) in [4.78, 5) is 48.8. The summed E-state index contributed by atoms with van der Waals surface area (Å²) < 4.78 is 0. The third-order valence-electron chi connectivity index (χ3n) is 6.08. The minimum atomic E-state index is -0.783. The molecule has 3 amide bonds. The summed E-state index contributed by atoms with van der Waals surface area (Å²) in [5.41, 5.74) is 1.47. The van der Waals surface area contributed by atoms with Gasteiger partial charge in [-0.2, -0.15) is 0 Å². The second-order valence-electron chi connectivity index (χ2n) is 8.65. The third kappa shape index (κ3) is 5.63. The summed E-state index contributed by atoms with van der Waals surface area (Å²) in [5.74, 6) is 0.176. The maximum atomic E-state index is 13.2. The van der Waals surface area contributed by atoms with E-state index in [1.54, 1.807) is 0 Å². The van der Waals surface area contributed by atoms with E-state index in [0.717, 1.165) is 44.1 Å². The number of carbonyl (C=O) groups is 3. The van der Waals surface area contributed by atoms with Gasteiger partial charge in [0, 0.05) is 18.2 Å². The first kappa shape index (κ1) is 23.5. The van der Waals surface area contributed by atoms with Gasteiger partial charge in [-0.25, -0.2) is 9.89 Å². The van der Waals surface area contributed by atoms with Crippen LogP contribution in [0, 0.1) is 0 Å². The van der Waals surface area contributed by atoms with Crippen LogP contribution in [0.1, 0.15) is 63.9 Å². The van der Waals surface area contributed by atoms with E-state index in [1.807, 2.05) is 24.3 Å². The van der Waals surface area contributed by atoms with Gasteiger partial charge in [0.2, 0.25) is 11.8 Å². The fourth-order valence-electron chi connectivity index (χ4n) is 4.33. The molecule has 4 rings (SSSR count). The fraction of sp³-hybridized carbons (Fsp3) is 0.542. The van der Waals surface area contributed by atoms with Gasteiger partial charge in [0.15, 0.2) is 5.17 Å². The lowest BCUT2D eigenvalue weighted by molar-refractivity contribution is -0.128. The van der Waals surface area contributed by atoms with Crippen molar-refractivity contribution in [2.24, 2.45) is 9.98 Å². The van der Waals surface area contributed by atoms with Crippen LogP contribution >= 0.6 is 11.8 Å². The molecule has 1 aromatic rings. The Kier molecular flexibility index (Phi) is 7.80. The molecule has 2 heterocycles. The summed E-state index contributed by atoms with van der Waals surface area (Å²) in [7, 11) is 0. The molecule has 2 aliphatic heterocycles. The van der Waals surface area contributed by atoms with Crippen LogP contribution in [0.5, 0.6) is 0 Å². The first-order valence-electron chi connectivity index (χ1n) is 11.9. The number of amides is 3. The maximum Gasteiger partial charge on any atom is 0.259 e. The van der Waals surface area contributed by atoms with E-state index in [1.165, 1.54) is 23.1 Å². The predicted molar refractivity (Wildman–Crippen MR) is 131 cm³/mol. The van der Waals surface area contributed by atoms with Crippen LogP contribution in [-0.2, 0) is 14.4 Å². The average molecular weight is 470 g/mol. The van der Waals surface area contributed by atoms with Crippen molar-refractivity contribution in [1.29, 1.82) is 0 Å². The minimum Gasteiger partial charge on any atom is -0.356 e. The van der Waals surface area contributed by atoms with Crippen molar-refractivity contribution < 1.29 is 14.4 Å². The Balaban J connectivity index is 1.45. The number of thioether (sulfide) groups is 1. The number of rotatable bonds is 8. The molecule has 1 atom stereocenters. The molecule has 0 aromatic heterocycles. The van der Waals surface area contributed by atoms with E-state index >= 15 is 0 Å². The van der Waals surface area contributed by atoms with Crippen molar-refractivity contribution in [1.82, 2.24) is 15.5 Å². The second-order valence-corrected chi connectivity index (χ2v) is 9.59. The summed E-state index contributed by atoms with van der Waals surface area (Å²) in [6.07, 6.45) is 7.46. The van der Waals surface area contributed by atoms with Crippen LogP contribution < -0.4 is 10.6 Å². The molecule has 1 unspecified atom stereocenters. The van der Waals surface area contributed by atoms with Gasteiger partial charge in [-0.3, -0.25) is 19.4 Å². The van der Waals surface area contributed by atoms with Crippen molar-refractivity contribution in [3.05, 3.63) is 29.8 Å². The highest BCUT2D eigenvalue weighted by Crippen LogP contribution is 2.34. The predicted octanol–water partition coefficient (Wildman–Crippen LogP) is 3.13. The summed E-state index contributed by atoms with van der Waals surface area (Å²) in [5, 5.41) is 6.40. The summed E-state index contributed by atoms with van der Waals surface area (Å²) >= 11 is 1.24. The first-order chi connectivity index (χ1) is 16.1. The fourth-order valence-corrected chi connectivity index (χ4v) is 5.14. The lowest BCUT2D eigenvalue weighted by Crippen LogP contribution is -2.43. The highest BCUT2D eigenvalue weighted by Gasteiger charge is 2.42. The van der Waals surface area contributed by atoms with E-state index in [0.29, 0.717) is 23.2 Å². The zero-order valence-corrected chi connectivity index (χ0v) is 19.8. The largest absolute Gasteiger partial charge is 0.356 e. The number of para-hydroxylation sites is 1. The molecule has 9 heteroatoms. The molecule has 1 saturated carbocycles. The molecule has 8 nitrogen and oxygen atoms in total. The van der Waals surface area contributed by atoms with E-state index in [9.17, 15) is 14.4 Å². The van der Waals surface area contributed by atoms with Crippen LogP contribution in [-0.4, -0.2) is 58.0 Å². The molecule has 0 spiro atoms. The Morgan fingerprint density at radius 2 is 1.94 bits per heavy atom. The van der Waals surface area contributed by atoms with Crippen molar-refractivity contribution in [2.75, 3.05) is 12.3 Å². The molecule has 33 heavy (non-hydrogen) atoms. The zero-order chi connectivity index (χ0) is 23.2. The second kappa shape index (κ2) is 11.0. The molecule has 176 valence electrons. The summed E-state index contributed by atoms with van der Waals surface area (Å²) in [6.45, 7) is 2.65. The van der Waals surface area contributed by atoms with Gasteiger partial charge >= 0.3 is 0 Å². The average Bonchev–Trinajstić information content (AvgIpc) is 3.14. The van der Waals surface area contributed by atoms with E-state index in [2.05, 4.69) is 27.5 Å². The van der Waals surface area contributed by atoms with E-state index in [-0.39, 0.29) is 35.9 Å².